The van der Waals surface area contributed by atoms with Gasteiger partial charge in [0.1, 0.15) is 11.8 Å². The topological polar surface area (TPSA) is 58.6 Å². The smallest absolute Gasteiger partial charge is 0.242 e. The monoisotopic (exact) mass is 414 g/mol. The summed E-state index contributed by atoms with van der Waals surface area (Å²) in [4.78, 5) is 28.5. The van der Waals surface area contributed by atoms with E-state index in [9.17, 15) is 9.59 Å². The second kappa shape index (κ2) is 10.3. The minimum Gasteiger partial charge on any atom is -0.497 e. The van der Waals surface area contributed by atoms with Gasteiger partial charge < -0.3 is 15.0 Å². The molecule has 0 unspecified atom stereocenters. The zero-order valence-corrected chi connectivity index (χ0v) is 18.6. The Morgan fingerprint density at radius 1 is 1.07 bits per heavy atom. The van der Waals surface area contributed by atoms with Gasteiger partial charge in [-0.3, -0.25) is 9.59 Å². The Morgan fingerprint density at radius 2 is 1.69 bits per heavy atom. The summed E-state index contributed by atoms with van der Waals surface area (Å²) < 4.78 is 5.20. The minimum atomic E-state index is -0.583. The SMILES string of the molecule is COc1ccc(CN(C(=O)CSc2ccccc2)[C@@H](C)C(=O)NC(C)(C)C)cc1. The largest absolute Gasteiger partial charge is 0.497 e. The quantitative estimate of drug-likeness (QED) is 0.660. The summed E-state index contributed by atoms with van der Waals surface area (Å²) >= 11 is 1.47. The normalized spacial score (nSPS) is 12.2. The van der Waals surface area contributed by atoms with Crippen LogP contribution in [0.2, 0.25) is 0 Å². The average molecular weight is 415 g/mol. The van der Waals surface area contributed by atoms with E-state index in [-0.39, 0.29) is 23.1 Å². The fourth-order valence-corrected chi connectivity index (χ4v) is 3.53. The Bertz CT molecular complexity index is 801. The molecule has 29 heavy (non-hydrogen) atoms. The highest BCUT2D eigenvalue weighted by molar-refractivity contribution is 8.00. The van der Waals surface area contributed by atoms with Gasteiger partial charge in [-0.05, 0) is 57.5 Å². The molecular weight excluding hydrogens is 384 g/mol. The molecule has 0 saturated heterocycles. The summed E-state index contributed by atoms with van der Waals surface area (Å²) in [6.45, 7) is 7.92. The molecule has 0 aliphatic heterocycles. The van der Waals surface area contributed by atoms with Crippen molar-refractivity contribution in [2.75, 3.05) is 12.9 Å². The van der Waals surface area contributed by atoms with Crippen LogP contribution in [0.4, 0.5) is 0 Å². The van der Waals surface area contributed by atoms with Crippen LogP contribution in [0.1, 0.15) is 33.3 Å². The second-order valence-electron chi connectivity index (χ2n) is 7.89. The van der Waals surface area contributed by atoms with Crippen molar-refractivity contribution < 1.29 is 14.3 Å². The van der Waals surface area contributed by atoms with Gasteiger partial charge in [0, 0.05) is 17.0 Å². The number of nitrogens with one attached hydrogen (secondary N) is 1. The number of amides is 2. The number of hydrogen-bond donors (Lipinski definition) is 1. The van der Waals surface area contributed by atoms with Crippen molar-refractivity contribution >= 4 is 23.6 Å². The van der Waals surface area contributed by atoms with Crippen LogP contribution in [0.25, 0.3) is 0 Å². The number of nitrogens with zero attached hydrogens (tertiary/aromatic N) is 1. The molecule has 0 aliphatic carbocycles. The van der Waals surface area contributed by atoms with E-state index >= 15 is 0 Å². The molecule has 0 heterocycles. The van der Waals surface area contributed by atoms with Crippen LogP contribution in [0.5, 0.6) is 5.75 Å². The van der Waals surface area contributed by atoms with Crippen molar-refractivity contribution in [3.8, 4) is 5.75 Å². The van der Waals surface area contributed by atoms with E-state index in [2.05, 4.69) is 5.32 Å². The van der Waals surface area contributed by atoms with Crippen molar-refractivity contribution in [2.45, 2.75) is 50.7 Å². The number of methoxy groups -OCH3 is 1. The summed E-state index contributed by atoms with van der Waals surface area (Å²) in [5.74, 6) is 0.785. The summed E-state index contributed by atoms with van der Waals surface area (Å²) in [5.41, 5.74) is 0.582. The average Bonchev–Trinajstić information content (AvgIpc) is 2.69. The Balaban J connectivity index is 2.16. The van der Waals surface area contributed by atoms with Crippen molar-refractivity contribution in [1.29, 1.82) is 0 Å². The molecule has 2 rings (SSSR count). The molecule has 2 aromatic rings. The van der Waals surface area contributed by atoms with Gasteiger partial charge in [-0.1, -0.05) is 30.3 Å². The molecule has 0 fully saturated rings. The van der Waals surface area contributed by atoms with E-state index in [4.69, 9.17) is 4.74 Å². The first kappa shape index (κ1) is 22.8. The van der Waals surface area contributed by atoms with Gasteiger partial charge in [0.05, 0.1) is 12.9 Å². The summed E-state index contributed by atoms with van der Waals surface area (Å²) in [6.07, 6.45) is 0. The number of rotatable bonds is 8. The number of thioether (sulfide) groups is 1. The Kier molecular flexibility index (Phi) is 8.14. The van der Waals surface area contributed by atoms with Gasteiger partial charge >= 0.3 is 0 Å². The maximum Gasteiger partial charge on any atom is 0.242 e. The van der Waals surface area contributed by atoms with Gasteiger partial charge in [0.25, 0.3) is 0 Å². The van der Waals surface area contributed by atoms with Crippen LogP contribution >= 0.6 is 11.8 Å². The second-order valence-corrected chi connectivity index (χ2v) is 8.94. The fraction of sp³-hybridized carbons (Fsp3) is 0.391. The molecule has 0 radical (unpaired) electrons. The van der Waals surface area contributed by atoms with Crippen molar-refractivity contribution in [1.82, 2.24) is 10.2 Å². The maximum absolute atomic E-state index is 13.1. The highest BCUT2D eigenvalue weighted by Crippen LogP contribution is 2.20. The number of hydrogen-bond acceptors (Lipinski definition) is 4. The molecule has 5 nitrogen and oxygen atoms in total. The predicted molar refractivity (Wildman–Crippen MR) is 118 cm³/mol. The molecule has 2 amide bonds. The Hall–Kier alpha value is -2.47. The van der Waals surface area contributed by atoms with E-state index < -0.39 is 6.04 Å². The molecule has 1 N–H and O–H groups in total. The van der Waals surface area contributed by atoms with E-state index in [1.807, 2.05) is 75.4 Å². The number of carbonyl (C=O) groups excluding carboxylic acids is 2. The summed E-state index contributed by atoms with van der Waals surface area (Å²) in [7, 11) is 1.62. The standard InChI is InChI=1S/C23H30N2O3S/c1-17(22(27)24-23(2,3)4)25(15-18-11-13-19(28-5)14-12-18)21(26)16-29-20-9-7-6-8-10-20/h6-14,17H,15-16H2,1-5H3,(H,24,27)/t17-/m0/s1. The maximum atomic E-state index is 13.1. The highest BCUT2D eigenvalue weighted by atomic mass is 32.2. The summed E-state index contributed by atoms with van der Waals surface area (Å²) in [6, 6.07) is 16.7. The van der Waals surface area contributed by atoms with Gasteiger partial charge in [0.15, 0.2) is 0 Å². The first-order valence-electron chi connectivity index (χ1n) is 9.62. The molecule has 2 aromatic carbocycles. The van der Waals surface area contributed by atoms with Crippen LogP contribution in [0.3, 0.4) is 0 Å². The van der Waals surface area contributed by atoms with Gasteiger partial charge in [-0.25, -0.2) is 0 Å². The first-order chi connectivity index (χ1) is 13.7. The van der Waals surface area contributed by atoms with Crippen LogP contribution in [-0.2, 0) is 16.1 Å². The van der Waals surface area contributed by atoms with E-state index in [1.54, 1.807) is 18.9 Å². The van der Waals surface area contributed by atoms with Gasteiger partial charge in [-0.15, -0.1) is 11.8 Å². The van der Waals surface area contributed by atoms with Crippen LogP contribution < -0.4 is 10.1 Å². The lowest BCUT2D eigenvalue weighted by molar-refractivity contribution is -0.139. The molecule has 156 valence electrons. The summed E-state index contributed by atoms with van der Waals surface area (Å²) in [5, 5.41) is 2.97. The molecule has 1 atom stereocenters. The molecule has 6 heteroatoms. The molecule has 0 aromatic heterocycles. The van der Waals surface area contributed by atoms with Crippen LogP contribution in [-0.4, -0.2) is 41.2 Å². The molecule has 0 spiro atoms. The lowest BCUT2D eigenvalue weighted by atomic mass is 10.1. The van der Waals surface area contributed by atoms with Crippen LogP contribution in [0, 0.1) is 0 Å². The third-order valence-corrected chi connectivity index (χ3v) is 5.28. The lowest BCUT2D eigenvalue weighted by Gasteiger charge is -2.31. The third-order valence-electron chi connectivity index (χ3n) is 4.28. The van der Waals surface area contributed by atoms with Crippen molar-refractivity contribution in [3.63, 3.8) is 0 Å². The fourth-order valence-electron chi connectivity index (χ4n) is 2.73. The zero-order chi connectivity index (χ0) is 21.4. The van der Waals surface area contributed by atoms with Crippen molar-refractivity contribution in [3.05, 3.63) is 60.2 Å². The lowest BCUT2D eigenvalue weighted by Crippen LogP contribution is -2.52. The molecule has 0 bridgehead atoms. The van der Waals surface area contributed by atoms with E-state index in [0.717, 1.165) is 16.2 Å². The first-order valence-corrected chi connectivity index (χ1v) is 10.6. The third kappa shape index (κ3) is 7.46. The zero-order valence-electron chi connectivity index (χ0n) is 17.8. The Morgan fingerprint density at radius 3 is 2.24 bits per heavy atom. The van der Waals surface area contributed by atoms with Gasteiger partial charge in [0.2, 0.25) is 11.8 Å². The molecular formula is C23H30N2O3S. The minimum absolute atomic E-state index is 0.0776. The van der Waals surface area contributed by atoms with Gasteiger partial charge in [-0.2, -0.15) is 0 Å². The highest BCUT2D eigenvalue weighted by Gasteiger charge is 2.28. The number of ether oxygens (including phenoxy) is 1. The molecule has 0 saturated carbocycles. The number of benzene rings is 2. The van der Waals surface area contributed by atoms with E-state index in [1.165, 1.54) is 11.8 Å². The van der Waals surface area contributed by atoms with Crippen LogP contribution in [0.15, 0.2) is 59.5 Å². The Labute approximate surface area is 177 Å². The molecule has 0 aliphatic rings. The van der Waals surface area contributed by atoms with E-state index in [0.29, 0.717) is 6.54 Å². The number of carbonyl (C=O) groups is 2. The van der Waals surface area contributed by atoms with Crippen molar-refractivity contribution in [2.24, 2.45) is 0 Å². The predicted octanol–water partition coefficient (Wildman–Crippen LogP) is 4.12.